The fourth-order valence-electron chi connectivity index (χ4n) is 2.23. The van der Waals surface area contributed by atoms with Crippen molar-refractivity contribution in [2.75, 3.05) is 7.05 Å². The van der Waals surface area contributed by atoms with Gasteiger partial charge in [0.1, 0.15) is 0 Å². The molecule has 0 aromatic heterocycles. The number of amides is 1. The zero-order chi connectivity index (χ0) is 13.5. The molecule has 0 radical (unpaired) electrons. The maximum atomic E-state index is 12.2. The summed E-state index contributed by atoms with van der Waals surface area (Å²) in [5.41, 5.74) is 7.11. The zero-order valence-electron chi connectivity index (χ0n) is 11.6. The summed E-state index contributed by atoms with van der Waals surface area (Å²) in [4.78, 5) is 14.0. The minimum Gasteiger partial charge on any atom is -0.341 e. The first-order valence-electron chi connectivity index (χ1n) is 6.66. The van der Waals surface area contributed by atoms with Gasteiger partial charge >= 0.3 is 0 Å². The molecule has 0 saturated carbocycles. The van der Waals surface area contributed by atoms with Crippen molar-refractivity contribution < 1.29 is 4.79 Å². The van der Waals surface area contributed by atoms with E-state index < -0.39 is 6.04 Å². The number of nitrogens with two attached hydrogens (primary N) is 1. The molecule has 1 rings (SSSR count). The molecule has 0 aliphatic carbocycles. The van der Waals surface area contributed by atoms with Crippen molar-refractivity contribution in [3.63, 3.8) is 0 Å². The normalized spacial score (nSPS) is 12.5. The molecule has 18 heavy (non-hydrogen) atoms. The van der Waals surface area contributed by atoms with Gasteiger partial charge in [0, 0.05) is 13.1 Å². The Bertz CT molecular complexity index is 360. The van der Waals surface area contributed by atoms with E-state index in [4.69, 9.17) is 5.73 Å². The quantitative estimate of drug-likeness (QED) is 0.839. The molecule has 1 amide bonds. The maximum Gasteiger partial charge on any atom is 0.239 e. The molecular formula is C15H24N2O. The third-order valence-corrected chi connectivity index (χ3v) is 3.45. The second kappa shape index (κ2) is 7.17. The number of hydrogen-bond acceptors (Lipinski definition) is 2. The minimum atomic E-state index is -0.446. The van der Waals surface area contributed by atoms with Crippen LogP contribution in [0.1, 0.15) is 32.3 Å². The summed E-state index contributed by atoms with van der Waals surface area (Å²) in [6.07, 6.45) is 2.54. The Morgan fingerprint density at radius 2 is 1.78 bits per heavy atom. The molecule has 1 aromatic carbocycles. The van der Waals surface area contributed by atoms with Gasteiger partial charge in [-0.1, -0.05) is 44.2 Å². The number of hydrogen-bond donors (Lipinski definition) is 1. The Morgan fingerprint density at radius 3 is 2.28 bits per heavy atom. The summed E-state index contributed by atoms with van der Waals surface area (Å²) < 4.78 is 0. The predicted octanol–water partition coefficient (Wildman–Crippen LogP) is 2.20. The third kappa shape index (κ3) is 3.84. The van der Waals surface area contributed by atoms with Gasteiger partial charge in [-0.2, -0.15) is 0 Å². The molecule has 1 aromatic rings. The van der Waals surface area contributed by atoms with E-state index in [0.29, 0.717) is 12.5 Å². The molecule has 2 N–H and O–H groups in total. The number of likely N-dealkylation sites (N-methyl/N-ethyl adjacent to an activating group) is 1. The van der Waals surface area contributed by atoms with Crippen molar-refractivity contribution in [1.29, 1.82) is 0 Å². The predicted molar refractivity (Wildman–Crippen MR) is 75.3 cm³/mol. The van der Waals surface area contributed by atoms with Crippen LogP contribution in [0, 0.1) is 0 Å². The highest BCUT2D eigenvalue weighted by Gasteiger charge is 2.22. The first kappa shape index (κ1) is 14.7. The molecule has 0 spiro atoms. The highest BCUT2D eigenvalue weighted by atomic mass is 16.2. The molecule has 0 fully saturated rings. The first-order valence-corrected chi connectivity index (χ1v) is 6.66. The van der Waals surface area contributed by atoms with Crippen molar-refractivity contribution in [3.8, 4) is 0 Å². The number of benzene rings is 1. The van der Waals surface area contributed by atoms with Crippen molar-refractivity contribution in [2.24, 2.45) is 5.73 Å². The van der Waals surface area contributed by atoms with Crippen LogP contribution in [0.3, 0.4) is 0 Å². The molecule has 0 aliphatic rings. The van der Waals surface area contributed by atoms with Gasteiger partial charge in [0.25, 0.3) is 0 Å². The second-order valence-corrected chi connectivity index (χ2v) is 4.72. The van der Waals surface area contributed by atoms with E-state index in [2.05, 4.69) is 13.8 Å². The van der Waals surface area contributed by atoms with Crippen LogP contribution in [-0.4, -0.2) is 29.9 Å². The van der Waals surface area contributed by atoms with Crippen LogP contribution >= 0.6 is 0 Å². The van der Waals surface area contributed by atoms with E-state index in [-0.39, 0.29) is 5.91 Å². The van der Waals surface area contributed by atoms with Gasteiger partial charge in [-0.3, -0.25) is 4.79 Å². The smallest absolute Gasteiger partial charge is 0.239 e. The van der Waals surface area contributed by atoms with E-state index in [1.165, 1.54) is 0 Å². The molecule has 0 bridgehead atoms. The highest BCUT2D eigenvalue weighted by molar-refractivity contribution is 5.82. The lowest BCUT2D eigenvalue weighted by Crippen LogP contribution is -2.47. The molecule has 100 valence electrons. The topological polar surface area (TPSA) is 46.3 Å². The summed E-state index contributed by atoms with van der Waals surface area (Å²) in [6.45, 7) is 4.20. The summed E-state index contributed by atoms with van der Waals surface area (Å²) >= 11 is 0. The fraction of sp³-hybridized carbons (Fsp3) is 0.533. The Balaban J connectivity index is 2.61. The summed E-state index contributed by atoms with van der Waals surface area (Å²) in [5, 5.41) is 0. The second-order valence-electron chi connectivity index (χ2n) is 4.72. The van der Waals surface area contributed by atoms with Gasteiger partial charge in [-0.05, 0) is 24.8 Å². The number of carbonyl (C=O) groups is 1. The molecule has 0 aliphatic heterocycles. The Morgan fingerprint density at radius 1 is 1.22 bits per heavy atom. The van der Waals surface area contributed by atoms with Crippen LogP contribution in [0.2, 0.25) is 0 Å². The molecule has 1 atom stereocenters. The summed E-state index contributed by atoms with van der Waals surface area (Å²) in [7, 11) is 1.85. The van der Waals surface area contributed by atoms with Gasteiger partial charge in [0.15, 0.2) is 0 Å². The van der Waals surface area contributed by atoms with Gasteiger partial charge in [0.2, 0.25) is 5.91 Å². The van der Waals surface area contributed by atoms with Crippen molar-refractivity contribution >= 4 is 5.91 Å². The van der Waals surface area contributed by atoms with Crippen molar-refractivity contribution in [2.45, 2.75) is 45.2 Å². The average Bonchev–Trinajstić information content (AvgIpc) is 2.40. The molecular weight excluding hydrogens is 224 g/mol. The number of nitrogens with zero attached hydrogens (tertiary/aromatic N) is 1. The molecule has 3 heteroatoms. The van der Waals surface area contributed by atoms with E-state index in [9.17, 15) is 4.79 Å². The van der Waals surface area contributed by atoms with Gasteiger partial charge in [0.05, 0.1) is 6.04 Å². The Kier molecular flexibility index (Phi) is 5.86. The summed E-state index contributed by atoms with van der Waals surface area (Å²) in [6, 6.07) is 9.76. The number of rotatable bonds is 6. The largest absolute Gasteiger partial charge is 0.341 e. The van der Waals surface area contributed by atoms with Crippen LogP contribution < -0.4 is 5.73 Å². The highest BCUT2D eigenvalue weighted by Crippen LogP contribution is 2.09. The lowest BCUT2D eigenvalue weighted by Gasteiger charge is -2.28. The van der Waals surface area contributed by atoms with E-state index in [1.807, 2.05) is 37.4 Å². The Hall–Kier alpha value is -1.35. The van der Waals surface area contributed by atoms with Crippen LogP contribution in [0.5, 0.6) is 0 Å². The van der Waals surface area contributed by atoms with Gasteiger partial charge in [-0.25, -0.2) is 0 Å². The molecule has 3 nitrogen and oxygen atoms in total. The third-order valence-electron chi connectivity index (χ3n) is 3.45. The summed E-state index contributed by atoms with van der Waals surface area (Å²) in [5.74, 6) is 0.0348. The van der Waals surface area contributed by atoms with E-state index in [0.717, 1.165) is 18.4 Å². The molecule has 0 saturated heterocycles. The van der Waals surface area contributed by atoms with Crippen molar-refractivity contribution in [3.05, 3.63) is 35.9 Å². The lowest BCUT2D eigenvalue weighted by molar-refractivity contribution is -0.133. The van der Waals surface area contributed by atoms with E-state index >= 15 is 0 Å². The average molecular weight is 248 g/mol. The monoisotopic (exact) mass is 248 g/mol. The molecule has 1 unspecified atom stereocenters. The van der Waals surface area contributed by atoms with Crippen LogP contribution in [0.25, 0.3) is 0 Å². The van der Waals surface area contributed by atoms with Gasteiger partial charge in [-0.15, -0.1) is 0 Å². The standard InChI is InChI=1S/C15H24N2O/c1-4-13(5-2)17(3)15(18)14(16)11-12-9-7-6-8-10-12/h6-10,13-14H,4-5,11,16H2,1-3H3. The Labute approximate surface area is 110 Å². The number of carbonyl (C=O) groups excluding carboxylic acids is 1. The van der Waals surface area contributed by atoms with Crippen LogP contribution in [-0.2, 0) is 11.2 Å². The SMILES string of the molecule is CCC(CC)N(C)C(=O)C(N)Cc1ccccc1. The van der Waals surface area contributed by atoms with Crippen molar-refractivity contribution in [1.82, 2.24) is 4.90 Å². The molecule has 0 heterocycles. The maximum absolute atomic E-state index is 12.2. The van der Waals surface area contributed by atoms with Crippen LogP contribution in [0.15, 0.2) is 30.3 Å². The fourth-order valence-corrected chi connectivity index (χ4v) is 2.23. The lowest BCUT2D eigenvalue weighted by atomic mass is 10.0. The minimum absolute atomic E-state index is 0.0348. The zero-order valence-corrected chi connectivity index (χ0v) is 11.6. The van der Waals surface area contributed by atoms with Gasteiger partial charge < -0.3 is 10.6 Å². The van der Waals surface area contributed by atoms with Crippen LogP contribution in [0.4, 0.5) is 0 Å². The van der Waals surface area contributed by atoms with E-state index in [1.54, 1.807) is 4.90 Å². The first-order chi connectivity index (χ1) is 8.60.